The minimum Gasteiger partial charge on any atom is -0.382 e. The van der Waals surface area contributed by atoms with Crippen LogP contribution < -0.4 is 0 Å². The minimum absolute atomic E-state index is 0.231. The average Bonchev–Trinajstić information content (AvgIpc) is 2.47. The Morgan fingerprint density at radius 1 is 1.31 bits per heavy atom. The molecule has 2 aliphatic rings. The van der Waals surface area contributed by atoms with Crippen molar-refractivity contribution in [3.8, 4) is 0 Å². The van der Waals surface area contributed by atoms with Crippen LogP contribution in [0.15, 0.2) is 0 Å². The molecule has 2 heterocycles. The summed E-state index contributed by atoms with van der Waals surface area (Å²) in [6.07, 6.45) is 0.406. The maximum absolute atomic E-state index is 12.6. The van der Waals surface area contributed by atoms with Gasteiger partial charge in [-0.05, 0) is 25.8 Å². The van der Waals surface area contributed by atoms with E-state index in [1.165, 1.54) is 0 Å². The van der Waals surface area contributed by atoms with E-state index >= 15 is 0 Å². The zero-order chi connectivity index (χ0) is 9.47. The van der Waals surface area contributed by atoms with Crippen molar-refractivity contribution in [3.05, 3.63) is 0 Å². The Labute approximate surface area is 76.5 Å². The van der Waals surface area contributed by atoms with Gasteiger partial charge in [0.25, 0.3) is 6.43 Å². The summed E-state index contributed by atoms with van der Waals surface area (Å²) in [5.41, 5.74) is -1.72. The molecule has 2 unspecified atom stereocenters. The van der Waals surface area contributed by atoms with E-state index in [0.717, 1.165) is 25.8 Å². The van der Waals surface area contributed by atoms with E-state index in [9.17, 15) is 13.9 Å². The Hall–Kier alpha value is -0.220. The first-order chi connectivity index (χ1) is 6.14. The third kappa shape index (κ3) is 1.36. The van der Waals surface area contributed by atoms with Crippen molar-refractivity contribution >= 4 is 0 Å². The maximum atomic E-state index is 12.6. The fraction of sp³-hybridized carbons (Fsp3) is 1.00. The zero-order valence-corrected chi connectivity index (χ0v) is 7.55. The van der Waals surface area contributed by atoms with Gasteiger partial charge in [0, 0.05) is 12.6 Å². The maximum Gasteiger partial charge on any atom is 0.268 e. The third-order valence-electron chi connectivity index (χ3n) is 3.37. The zero-order valence-electron chi connectivity index (χ0n) is 7.55. The molecular weight excluding hydrogens is 176 g/mol. The van der Waals surface area contributed by atoms with E-state index in [0.29, 0.717) is 6.54 Å². The molecule has 13 heavy (non-hydrogen) atoms. The van der Waals surface area contributed by atoms with Gasteiger partial charge in [-0.3, -0.25) is 4.90 Å². The first kappa shape index (κ1) is 9.34. The molecule has 2 nitrogen and oxygen atoms in total. The Balaban J connectivity index is 2.14. The number of alkyl halides is 2. The number of rotatable bonds is 1. The lowest BCUT2D eigenvalue weighted by atomic mass is 9.89. The molecule has 0 saturated carbocycles. The van der Waals surface area contributed by atoms with Crippen molar-refractivity contribution in [3.63, 3.8) is 0 Å². The summed E-state index contributed by atoms with van der Waals surface area (Å²) < 4.78 is 25.2. The fourth-order valence-corrected chi connectivity index (χ4v) is 2.57. The summed E-state index contributed by atoms with van der Waals surface area (Å²) in [6, 6.07) is -0.291. The summed E-state index contributed by atoms with van der Waals surface area (Å²) in [4.78, 5) is 2.01. The van der Waals surface area contributed by atoms with Gasteiger partial charge in [0.2, 0.25) is 0 Å². The number of halogens is 2. The smallest absolute Gasteiger partial charge is 0.268 e. The van der Waals surface area contributed by atoms with Crippen LogP contribution in [-0.2, 0) is 0 Å². The second-order valence-electron chi connectivity index (χ2n) is 4.09. The Morgan fingerprint density at radius 3 is 2.77 bits per heavy atom. The number of piperidine rings is 1. The molecule has 2 atom stereocenters. The predicted octanol–water partition coefficient (Wildman–Crippen LogP) is 1.24. The first-order valence-corrected chi connectivity index (χ1v) is 4.89. The second-order valence-corrected chi connectivity index (χ2v) is 4.09. The molecule has 0 amide bonds. The van der Waals surface area contributed by atoms with Crippen LogP contribution in [0.25, 0.3) is 0 Å². The van der Waals surface area contributed by atoms with Crippen LogP contribution >= 0.6 is 0 Å². The molecule has 76 valence electrons. The van der Waals surface area contributed by atoms with Crippen molar-refractivity contribution in [2.24, 2.45) is 0 Å². The fourth-order valence-electron chi connectivity index (χ4n) is 2.57. The van der Waals surface area contributed by atoms with Gasteiger partial charge in [0.15, 0.2) is 0 Å². The molecule has 2 saturated heterocycles. The van der Waals surface area contributed by atoms with Crippen molar-refractivity contribution in [2.75, 3.05) is 13.1 Å². The van der Waals surface area contributed by atoms with Crippen LogP contribution in [0, 0.1) is 0 Å². The Kier molecular flexibility index (Phi) is 2.28. The SMILES string of the molecule is OC1(C(F)F)CCN2CCCCC21. The molecule has 4 heteroatoms. The summed E-state index contributed by atoms with van der Waals surface area (Å²) in [7, 11) is 0. The molecule has 0 spiro atoms. The van der Waals surface area contributed by atoms with Gasteiger partial charge >= 0.3 is 0 Å². The number of hydrogen-bond donors (Lipinski definition) is 1. The van der Waals surface area contributed by atoms with Crippen LogP contribution in [0.2, 0.25) is 0 Å². The van der Waals surface area contributed by atoms with Crippen molar-refractivity contribution in [2.45, 2.75) is 43.8 Å². The third-order valence-corrected chi connectivity index (χ3v) is 3.37. The molecule has 2 aliphatic heterocycles. The van der Waals surface area contributed by atoms with Crippen LogP contribution in [-0.4, -0.2) is 41.2 Å². The van der Waals surface area contributed by atoms with Gasteiger partial charge in [-0.1, -0.05) is 6.42 Å². The van der Waals surface area contributed by atoms with Crippen molar-refractivity contribution in [1.29, 1.82) is 0 Å². The largest absolute Gasteiger partial charge is 0.382 e. The molecular formula is C9H15F2NO. The predicted molar refractivity (Wildman–Crippen MR) is 44.8 cm³/mol. The van der Waals surface area contributed by atoms with Crippen molar-refractivity contribution < 1.29 is 13.9 Å². The highest BCUT2D eigenvalue weighted by Crippen LogP contribution is 2.38. The molecule has 0 aromatic rings. The van der Waals surface area contributed by atoms with E-state index in [1.54, 1.807) is 0 Å². The van der Waals surface area contributed by atoms with Crippen molar-refractivity contribution in [1.82, 2.24) is 4.90 Å². The van der Waals surface area contributed by atoms with Gasteiger partial charge in [-0.2, -0.15) is 0 Å². The van der Waals surface area contributed by atoms with Gasteiger partial charge < -0.3 is 5.11 Å². The van der Waals surface area contributed by atoms with Crippen LogP contribution in [0.3, 0.4) is 0 Å². The topological polar surface area (TPSA) is 23.5 Å². The molecule has 1 N–H and O–H groups in total. The average molecular weight is 191 g/mol. The lowest BCUT2D eigenvalue weighted by Crippen LogP contribution is -2.51. The molecule has 0 aromatic heterocycles. The second kappa shape index (κ2) is 3.17. The van der Waals surface area contributed by atoms with E-state index in [2.05, 4.69) is 0 Å². The summed E-state index contributed by atoms with van der Waals surface area (Å²) in [6.45, 7) is 1.51. The van der Waals surface area contributed by atoms with Crippen LogP contribution in [0.5, 0.6) is 0 Å². The molecule has 2 rings (SSSR count). The molecule has 0 aromatic carbocycles. The lowest BCUT2D eigenvalue weighted by molar-refractivity contribution is -0.118. The molecule has 0 bridgehead atoms. The first-order valence-electron chi connectivity index (χ1n) is 4.89. The monoisotopic (exact) mass is 191 g/mol. The summed E-state index contributed by atoms with van der Waals surface area (Å²) >= 11 is 0. The van der Waals surface area contributed by atoms with Gasteiger partial charge in [-0.25, -0.2) is 8.78 Å². The van der Waals surface area contributed by atoms with Gasteiger partial charge in [-0.15, -0.1) is 0 Å². The summed E-state index contributed by atoms with van der Waals surface area (Å²) in [5, 5.41) is 9.77. The number of aliphatic hydroxyl groups is 1. The molecule has 2 fully saturated rings. The Bertz CT molecular complexity index is 200. The normalized spacial score (nSPS) is 41.1. The van der Waals surface area contributed by atoms with E-state index in [-0.39, 0.29) is 12.5 Å². The van der Waals surface area contributed by atoms with Gasteiger partial charge in [0.1, 0.15) is 5.60 Å². The summed E-state index contributed by atoms with van der Waals surface area (Å²) in [5.74, 6) is 0. The minimum atomic E-state index is -2.60. The number of hydrogen-bond acceptors (Lipinski definition) is 2. The Morgan fingerprint density at radius 2 is 2.08 bits per heavy atom. The highest BCUT2D eigenvalue weighted by molar-refractivity contribution is 5.02. The number of nitrogens with zero attached hydrogens (tertiary/aromatic N) is 1. The highest BCUT2D eigenvalue weighted by atomic mass is 19.3. The number of fused-ring (bicyclic) bond motifs is 1. The van der Waals surface area contributed by atoms with Gasteiger partial charge in [0.05, 0.1) is 0 Å². The lowest BCUT2D eigenvalue weighted by Gasteiger charge is -2.36. The quantitative estimate of drug-likeness (QED) is 0.674. The van der Waals surface area contributed by atoms with Crippen LogP contribution in [0.4, 0.5) is 8.78 Å². The van der Waals surface area contributed by atoms with E-state index in [4.69, 9.17) is 0 Å². The van der Waals surface area contributed by atoms with Crippen LogP contribution in [0.1, 0.15) is 25.7 Å². The molecule has 0 radical (unpaired) electrons. The van der Waals surface area contributed by atoms with E-state index in [1.807, 2.05) is 4.90 Å². The standard InChI is InChI=1S/C9H15F2NO/c10-8(11)9(13)4-6-12-5-2-1-3-7(9)12/h7-8,13H,1-6H2. The highest BCUT2D eigenvalue weighted by Gasteiger charge is 2.52. The van der Waals surface area contributed by atoms with E-state index < -0.39 is 12.0 Å². The molecule has 0 aliphatic carbocycles.